The van der Waals surface area contributed by atoms with Gasteiger partial charge in [-0.15, -0.1) is 12.4 Å². The molecule has 9 heteroatoms. The number of benzene rings is 2. The van der Waals surface area contributed by atoms with Crippen LogP contribution in [0.4, 0.5) is 10.1 Å². The maximum absolute atomic E-state index is 13.7. The lowest BCUT2D eigenvalue weighted by Crippen LogP contribution is -2.34. The first-order valence-corrected chi connectivity index (χ1v) is 9.83. The number of nitrogens with one attached hydrogen (secondary N) is 2. The summed E-state index contributed by atoms with van der Waals surface area (Å²) in [6.45, 7) is 2.90. The molecule has 0 unspecified atom stereocenters. The first-order valence-electron chi connectivity index (χ1n) is 8.35. The average molecular weight is 414 g/mol. The molecule has 1 aliphatic rings. The van der Waals surface area contributed by atoms with E-state index in [-0.39, 0.29) is 28.9 Å². The number of nitrogens with zero attached hydrogens (tertiary/aromatic N) is 1. The number of rotatable bonds is 4. The number of para-hydroxylation sites is 1. The SMILES string of the molecule is Cl.O=C(c1ccc(S(=O)(=O)Nc2ccccc2F)cc1)N1CCCNCC1. The maximum atomic E-state index is 13.7. The first-order chi connectivity index (χ1) is 12.5. The molecule has 3 rings (SSSR count). The highest BCUT2D eigenvalue weighted by molar-refractivity contribution is 7.92. The van der Waals surface area contributed by atoms with Crippen molar-refractivity contribution in [2.24, 2.45) is 0 Å². The molecule has 0 aliphatic carbocycles. The Hall–Kier alpha value is -2.16. The summed E-state index contributed by atoms with van der Waals surface area (Å²) in [5, 5.41) is 3.23. The maximum Gasteiger partial charge on any atom is 0.261 e. The van der Waals surface area contributed by atoms with E-state index in [0.717, 1.165) is 19.5 Å². The molecule has 0 spiro atoms. The number of carbonyl (C=O) groups excluding carboxylic acids is 1. The molecule has 1 saturated heterocycles. The number of sulfonamides is 1. The van der Waals surface area contributed by atoms with Gasteiger partial charge in [-0.05, 0) is 49.4 Å². The highest BCUT2D eigenvalue weighted by Crippen LogP contribution is 2.19. The molecular formula is C18H21ClFN3O3S. The number of hydrogen-bond donors (Lipinski definition) is 2. The van der Waals surface area contributed by atoms with E-state index < -0.39 is 15.8 Å². The molecule has 146 valence electrons. The minimum atomic E-state index is -3.93. The molecule has 27 heavy (non-hydrogen) atoms. The Kier molecular flexibility index (Phi) is 7.18. The normalized spacial score (nSPS) is 14.8. The quantitative estimate of drug-likeness (QED) is 0.807. The van der Waals surface area contributed by atoms with Crippen LogP contribution in [-0.2, 0) is 10.0 Å². The monoisotopic (exact) mass is 413 g/mol. The summed E-state index contributed by atoms with van der Waals surface area (Å²) in [4.78, 5) is 14.3. The van der Waals surface area contributed by atoms with Gasteiger partial charge in [0.15, 0.2) is 0 Å². The van der Waals surface area contributed by atoms with E-state index in [1.807, 2.05) is 0 Å². The molecular weight excluding hydrogens is 393 g/mol. The largest absolute Gasteiger partial charge is 0.337 e. The fourth-order valence-corrected chi connectivity index (χ4v) is 3.82. The van der Waals surface area contributed by atoms with E-state index in [1.54, 1.807) is 11.0 Å². The second-order valence-corrected chi connectivity index (χ2v) is 7.69. The minimum absolute atomic E-state index is 0. The van der Waals surface area contributed by atoms with Gasteiger partial charge in [-0.3, -0.25) is 9.52 Å². The van der Waals surface area contributed by atoms with Gasteiger partial charge in [0.2, 0.25) is 0 Å². The number of halogens is 2. The number of carbonyl (C=O) groups is 1. The standard InChI is InChI=1S/C18H20FN3O3S.ClH/c19-16-4-1-2-5-17(16)21-26(24,25)15-8-6-14(7-9-15)18(23)22-12-3-10-20-11-13-22;/h1-2,4-9,20-21H,3,10-13H2;1H. The van der Waals surface area contributed by atoms with Crippen molar-refractivity contribution < 1.29 is 17.6 Å². The third kappa shape index (κ3) is 5.18. The van der Waals surface area contributed by atoms with Crippen molar-refractivity contribution in [3.8, 4) is 0 Å². The summed E-state index contributed by atoms with van der Waals surface area (Å²) in [7, 11) is -3.93. The van der Waals surface area contributed by atoms with Crippen LogP contribution in [-0.4, -0.2) is 45.4 Å². The Morgan fingerprint density at radius 3 is 2.44 bits per heavy atom. The topological polar surface area (TPSA) is 78.5 Å². The molecule has 0 radical (unpaired) electrons. The van der Waals surface area contributed by atoms with Gasteiger partial charge in [-0.1, -0.05) is 12.1 Å². The van der Waals surface area contributed by atoms with Gasteiger partial charge in [0.05, 0.1) is 10.6 Å². The van der Waals surface area contributed by atoms with E-state index in [9.17, 15) is 17.6 Å². The van der Waals surface area contributed by atoms with E-state index in [1.165, 1.54) is 42.5 Å². The van der Waals surface area contributed by atoms with Crippen LogP contribution in [0.1, 0.15) is 16.8 Å². The van der Waals surface area contributed by atoms with Crippen LogP contribution in [0.2, 0.25) is 0 Å². The van der Waals surface area contributed by atoms with E-state index >= 15 is 0 Å². The van der Waals surface area contributed by atoms with Gasteiger partial charge < -0.3 is 10.2 Å². The van der Waals surface area contributed by atoms with Gasteiger partial charge in [-0.25, -0.2) is 12.8 Å². The van der Waals surface area contributed by atoms with Crippen LogP contribution in [0.15, 0.2) is 53.4 Å². The van der Waals surface area contributed by atoms with Gasteiger partial charge in [0.25, 0.3) is 15.9 Å². The van der Waals surface area contributed by atoms with Gasteiger partial charge >= 0.3 is 0 Å². The minimum Gasteiger partial charge on any atom is -0.337 e. The summed E-state index contributed by atoms with van der Waals surface area (Å²) < 4.78 is 40.7. The Morgan fingerprint density at radius 2 is 1.74 bits per heavy atom. The van der Waals surface area contributed by atoms with Crippen molar-refractivity contribution >= 4 is 34.0 Å². The lowest BCUT2D eigenvalue weighted by molar-refractivity contribution is 0.0766. The first kappa shape index (κ1) is 21.1. The van der Waals surface area contributed by atoms with Crippen LogP contribution >= 0.6 is 12.4 Å². The third-order valence-electron chi connectivity index (χ3n) is 4.16. The Morgan fingerprint density at radius 1 is 1.04 bits per heavy atom. The Balaban J connectivity index is 0.00000261. The zero-order valence-electron chi connectivity index (χ0n) is 14.5. The van der Waals surface area contributed by atoms with Crippen molar-refractivity contribution in [1.29, 1.82) is 0 Å². The molecule has 1 aliphatic heterocycles. The fourth-order valence-electron chi connectivity index (χ4n) is 2.76. The molecule has 1 amide bonds. The molecule has 2 aromatic carbocycles. The number of amides is 1. The van der Waals surface area contributed by atoms with Crippen LogP contribution in [0.25, 0.3) is 0 Å². The third-order valence-corrected chi connectivity index (χ3v) is 5.54. The van der Waals surface area contributed by atoms with Gasteiger partial charge in [0, 0.05) is 25.2 Å². The molecule has 0 aromatic heterocycles. The van der Waals surface area contributed by atoms with E-state index in [4.69, 9.17) is 0 Å². The zero-order chi connectivity index (χ0) is 18.6. The lowest BCUT2D eigenvalue weighted by Gasteiger charge is -2.20. The van der Waals surface area contributed by atoms with E-state index in [0.29, 0.717) is 18.7 Å². The Bertz CT molecular complexity index is 883. The predicted molar refractivity (Wildman–Crippen MR) is 104 cm³/mol. The average Bonchev–Trinajstić information content (AvgIpc) is 2.92. The van der Waals surface area contributed by atoms with Crippen molar-refractivity contribution in [3.63, 3.8) is 0 Å². The smallest absolute Gasteiger partial charge is 0.261 e. The zero-order valence-corrected chi connectivity index (χ0v) is 16.2. The molecule has 2 aromatic rings. The molecule has 6 nitrogen and oxygen atoms in total. The van der Waals surface area contributed by atoms with Gasteiger partial charge in [-0.2, -0.15) is 0 Å². The number of hydrogen-bond acceptors (Lipinski definition) is 4. The molecule has 1 fully saturated rings. The molecule has 0 saturated carbocycles. The van der Waals surface area contributed by atoms with Crippen molar-refractivity contribution in [2.75, 3.05) is 30.9 Å². The summed E-state index contributed by atoms with van der Waals surface area (Å²) in [5.74, 6) is -0.780. The van der Waals surface area contributed by atoms with Gasteiger partial charge in [0.1, 0.15) is 5.82 Å². The summed E-state index contributed by atoms with van der Waals surface area (Å²) >= 11 is 0. The highest BCUT2D eigenvalue weighted by atomic mass is 35.5. The molecule has 1 heterocycles. The van der Waals surface area contributed by atoms with Crippen LogP contribution < -0.4 is 10.0 Å². The summed E-state index contributed by atoms with van der Waals surface area (Å²) in [6.07, 6.45) is 0.880. The second kappa shape index (κ2) is 9.16. The predicted octanol–water partition coefficient (Wildman–Crippen LogP) is 2.48. The summed E-state index contributed by atoms with van der Waals surface area (Å²) in [5.41, 5.74) is 0.307. The Labute approximate surface area is 164 Å². The second-order valence-electron chi connectivity index (χ2n) is 6.01. The van der Waals surface area contributed by atoms with Crippen molar-refractivity contribution in [3.05, 3.63) is 59.9 Å². The highest BCUT2D eigenvalue weighted by Gasteiger charge is 2.20. The molecule has 2 N–H and O–H groups in total. The van der Waals surface area contributed by atoms with Crippen molar-refractivity contribution in [1.82, 2.24) is 10.2 Å². The molecule has 0 atom stereocenters. The van der Waals surface area contributed by atoms with Crippen LogP contribution in [0, 0.1) is 5.82 Å². The van der Waals surface area contributed by atoms with Crippen LogP contribution in [0.3, 0.4) is 0 Å². The van der Waals surface area contributed by atoms with E-state index in [2.05, 4.69) is 10.0 Å². The molecule has 0 bridgehead atoms. The lowest BCUT2D eigenvalue weighted by atomic mass is 10.2. The van der Waals surface area contributed by atoms with Crippen LogP contribution in [0.5, 0.6) is 0 Å². The van der Waals surface area contributed by atoms with Crippen molar-refractivity contribution in [2.45, 2.75) is 11.3 Å². The fraction of sp³-hybridized carbons (Fsp3) is 0.278. The summed E-state index contributed by atoms with van der Waals surface area (Å²) in [6, 6.07) is 11.2. The number of anilines is 1.